The number of fused-ring (bicyclic) bond motifs is 1. The van der Waals surface area contributed by atoms with Crippen molar-refractivity contribution in [2.45, 2.75) is 40.0 Å². The molecule has 3 aromatic rings. The second kappa shape index (κ2) is 9.99. The number of carbonyl (C=O) groups is 1. The van der Waals surface area contributed by atoms with Gasteiger partial charge in [-0.25, -0.2) is 4.99 Å². The molecule has 0 unspecified atom stereocenters. The van der Waals surface area contributed by atoms with Crippen LogP contribution in [0.25, 0.3) is 0 Å². The zero-order valence-corrected chi connectivity index (χ0v) is 21.5. The lowest BCUT2D eigenvalue weighted by molar-refractivity contribution is 0.102. The quantitative estimate of drug-likeness (QED) is 0.424. The fourth-order valence-corrected chi connectivity index (χ4v) is 6.11. The molecular formula is C28H33N3O3S. The van der Waals surface area contributed by atoms with Crippen molar-refractivity contribution >= 4 is 40.0 Å². The van der Waals surface area contributed by atoms with E-state index in [0.29, 0.717) is 30.5 Å². The van der Waals surface area contributed by atoms with Gasteiger partial charge in [-0.2, -0.15) is 0 Å². The van der Waals surface area contributed by atoms with Gasteiger partial charge in [0.15, 0.2) is 5.88 Å². The van der Waals surface area contributed by atoms with Crippen molar-refractivity contribution in [2.24, 2.45) is 16.3 Å². The molecule has 1 aliphatic heterocycles. The average molecular weight is 492 g/mol. The number of hydrogen-bond acceptors (Lipinski definition) is 6. The third kappa shape index (κ3) is 5.36. The minimum atomic E-state index is -0.0940. The fourth-order valence-electron chi connectivity index (χ4n) is 4.84. The summed E-state index contributed by atoms with van der Waals surface area (Å²) in [6, 6.07) is 13.5. The van der Waals surface area contributed by atoms with E-state index in [0.717, 1.165) is 54.5 Å². The Bertz CT molecular complexity index is 1200. The minimum Gasteiger partial charge on any atom is -0.440 e. The predicted octanol–water partition coefficient (Wildman–Crippen LogP) is 6.33. The van der Waals surface area contributed by atoms with Gasteiger partial charge in [-0.05, 0) is 54.4 Å². The van der Waals surface area contributed by atoms with E-state index < -0.39 is 0 Å². The molecule has 1 saturated heterocycles. The molecule has 1 amide bonds. The molecule has 184 valence electrons. The van der Waals surface area contributed by atoms with Gasteiger partial charge in [-0.15, -0.1) is 11.3 Å². The summed E-state index contributed by atoms with van der Waals surface area (Å²) in [5.41, 5.74) is 2.89. The van der Waals surface area contributed by atoms with E-state index in [-0.39, 0.29) is 11.3 Å². The lowest BCUT2D eigenvalue weighted by atomic mass is 9.72. The number of para-hydroxylation sites is 1. The number of amides is 1. The largest absolute Gasteiger partial charge is 0.440 e. The van der Waals surface area contributed by atoms with E-state index in [9.17, 15) is 4.79 Å². The summed E-state index contributed by atoms with van der Waals surface area (Å²) in [6.07, 6.45) is 4.72. The third-order valence-electron chi connectivity index (χ3n) is 6.97. The molecule has 1 aliphatic carbocycles. The molecule has 1 atom stereocenters. The molecule has 1 aromatic carbocycles. The molecule has 0 bridgehead atoms. The van der Waals surface area contributed by atoms with Gasteiger partial charge in [0, 0.05) is 29.7 Å². The number of nitrogens with one attached hydrogen (secondary N) is 1. The summed E-state index contributed by atoms with van der Waals surface area (Å²) >= 11 is 1.65. The van der Waals surface area contributed by atoms with Crippen molar-refractivity contribution in [3.63, 3.8) is 0 Å². The van der Waals surface area contributed by atoms with Crippen LogP contribution in [0.5, 0.6) is 0 Å². The van der Waals surface area contributed by atoms with Crippen LogP contribution in [0, 0.1) is 11.3 Å². The van der Waals surface area contributed by atoms with Crippen molar-refractivity contribution in [2.75, 3.05) is 36.5 Å². The molecule has 1 N–H and O–H groups in total. The third-order valence-corrected chi connectivity index (χ3v) is 8.14. The number of anilines is 2. The summed E-state index contributed by atoms with van der Waals surface area (Å²) in [5.74, 6) is 2.01. The number of carbonyl (C=O) groups excluding carboxylic acids is 1. The maximum absolute atomic E-state index is 13.4. The molecule has 1 fully saturated rings. The standard InChI is InChI=1S/C28H33N3O3S/c1-28(2,3)19-9-11-22-23(17-19)35-27(25(22)26(32)30-20-7-5-4-6-8-20)29-18-21-10-12-24(34-21)31-13-15-33-16-14-31/h4-8,10,12,18-19H,9,11,13-17H2,1-3H3,(H,30,32)/t19-/m1/s1. The Kier molecular flexibility index (Phi) is 6.80. The van der Waals surface area contributed by atoms with Crippen LogP contribution in [-0.2, 0) is 17.6 Å². The van der Waals surface area contributed by atoms with Crippen LogP contribution in [0.2, 0.25) is 0 Å². The maximum atomic E-state index is 13.4. The van der Waals surface area contributed by atoms with Crippen LogP contribution in [0.4, 0.5) is 16.6 Å². The highest BCUT2D eigenvalue weighted by Gasteiger charge is 2.33. The molecule has 0 saturated carbocycles. The Hall–Kier alpha value is -2.90. The number of hydrogen-bond donors (Lipinski definition) is 1. The predicted molar refractivity (Wildman–Crippen MR) is 143 cm³/mol. The molecule has 2 aromatic heterocycles. The van der Waals surface area contributed by atoms with Crippen LogP contribution in [-0.4, -0.2) is 38.4 Å². The van der Waals surface area contributed by atoms with Gasteiger partial charge in [0.1, 0.15) is 10.8 Å². The van der Waals surface area contributed by atoms with Crippen molar-refractivity contribution in [1.29, 1.82) is 0 Å². The molecule has 7 heteroatoms. The Morgan fingerprint density at radius 1 is 1.14 bits per heavy atom. The number of ether oxygens (including phenoxy) is 1. The summed E-state index contributed by atoms with van der Waals surface area (Å²) in [7, 11) is 0. The zero-order valence-electron chi connectivity index (χ0n) is 20.7. The van der Waals surface area contributed by atoms with Crippen molar-refractivity contribution in [3.8, 4) is 0 Å². The number of rotatable bonds is 5. The molecule has 0 spiro atoms. The summed E-state index contributed by atoms with van der Waals surface area (Å²) in [5, 5.41) is 3.83. The normalized spacial score (nSPS) is 18.6. The molecule has 3 heterocycles. The first-order valence-electron chi connectivity index (χ1n) is 12.4. The van der Waals surface area contributed by atoms with Gasteiger partial charge >= 0.3 is 0 Å². The Labute approximate surface area is 211 Å². The SMILES string of the molecule is CC(C)(C)[C@@H]1CCc2c(sc(N=Cc3ccc(N4CCOCC4)o3)c2C(=O)Nc2ccccc2)C1. The van der Waals surface area contributed by atoms with E-state index in [2.05, 4.69) is 31.0 Å². The first-order chi connectivity index (χ1) is 16.9. The summed E-state index contributed by atoms with van der Waals surface area (Å²) in [6.45, 7) is 9.98. The van der Waals surface area contributed by atoms with Crippen LogP contribution in [0.1, 0.15) is 53.8 Å². The second-order valence-electron chi connectivity index (χ2n) is 10.3. The fraction of sp³-hybridized carbons (Fsp3) is 0.429. The lowest BCUT2D eigenvalue weighted by Gasteiger charge is -2.33. The van der Waals surface area contributed by atoms with Gasteiger partial charge < -0.3 is 19.4 Å². The van der Waals surface area contributed by atoms with Crippen molar-refractivity contribution in [3.05, 3.63) is 64.2 Å². The Balaban J connectivity index is 1.43. The van der Waals surface area contributed by atoms with Crippen LogP contribution < -0.4 is 10.2 Å². The number of furan rings is 1. The van der Waals surface area contributed by atoms with Gasteiger partial charge in [0.2, 0.25) is 0 Å². The van der Waals surface area contributed by atoms with Crippen molar-refractivity contribution in [1.82, 2.24) is 0 Å². The second-order valence-corrected chi connectivity index (χ2v) is 11.4. The topological polar surface area (TPSA) is 67.1 Å². The van der Waals surface area contributed by atoms with Gasteiger partial charge in [0.05, 0.1) is 25.0 Å². The molecule has 5 rings (SSSR count). The first kappa shape index (κ1) is 23.8. The lowest BCUT2D eigenvalue weighted by Crippen LogP contribution is -2.35. The van der Waals surface area contributed by atoms with Crippen molar-refractivity contribution < 1.29 is 13.9 Å². The smallest absolute Gasteiger partial charge is 0.259 e. The van der Waals surface area contributed by atoms with Crippen LogP contribution >= 0.6 is 11.3 Å². The van der Waals surface area contributed by atoms with Crippen LogP contribution in [0.15, 0.2) is 51.9 Å². The number of nitrogens with zero attached hydrogens (tertiary/aromatic N) is 2. The zero-order chi connectivity index (χ0) is 24.4. The van der Waals surface area contributed by atoms with Gasteiger partial charge in [0.25, 0.3) is 5.91 Å². The molecule has 2 aliphatic rings. The molecule has 35 heavy (non-hydrogen) atoms. The number of benzene rings is 1. The van der Waals surface area contributed by atoms with E-state index in [1.54, 1.807) is 17.6 Å². The molecule has 0 radical (unpaired) electrons. The Morgan fingerprint density at radius 3 is 2.66 bits per heavy atom. The number of thiophene rings is 1. The van der Waals surface area contributed by atoms with Gasteiger partial charge in [-0.1, -0.05) is 39.0 Å². The minimum absolute atomic E-state index is 0.0940. The highest BCUT2D eigenvalue weighted by molar-refractivity contribution is 7.16. The number of aliphatic imine (C=N–C) groups is 1. The monoisotopic (exact) mass is 491 g/mol. The maximum Gasteiger partial charge on any atom is 0.259 e. The highest BCUT2D eigenvalue weighted by atomic mass is 32.1. The summed E-state index contributed by atoms with van der Waals surface area (Å²) in [4.78, 5) is 21.7. The summed E-state index contributed by atoms with van der Waals surface area (Å²) < 4.78 is 11.5. The molecule has 6 nitrogen and oxygen atoms in total. The van der Waals surface area contributed by atoms with E-state index >= 15 is 0 Å². The molecular weight excluding hydrogens is 458 g/mol. The highest BCUT2D eigenvalue weighted by Crippen LogP contribution is 2.45. The van der Waals surface area contributed by atoms with E-state index in [1.807, 2.05) is 42.5 Å². The first-order valence-corrected chi connectivity index (χ1v) is 13.2. The van der Waals surface area contributed by atoms with E-state index in [1.165, 1.54) is 4.88 Å². The van der Waals surface area contributed by atoms with E-state index in [4.69, 9.17) is 14.1 Å². The van der Waals surface area contributed by atoms with Crippen LogP contribution in [0.3, 0.4) is 0 Å². The number of morpholine rings is 1. The average Bonchev–Trinajstić information content (AvgIpc) is 3.47. The Morgan fingerprint density at radius 2 is 1.91 bits per heavy atom. The van der Waals surface area contributed by atoms with Gasteiger partial charge in [-0.3, -0.25) is 4.79 Å².